The summed E-state index contributed by atoms with van der Waals surface area (Å²) in [6.07, 6.45) is 5.28. The predicted molar refractivity (Wildman–Crippen MR) is 65.0 cm³/mol. The highest BCUT2D eigenvalue weighted by Gasteiger charge is 2.12. The summed E-state index contributed by atoms with van der Waals surface area (Å²) in [5.41, 5.74) is 0.302. The van der Waals surface area contributed by atoms with Crippen molar-refractivity contribution in [3.63, 3.8) is 0 Å². The molecule has 1 saturated heterocycles. The zero-order valence-electron chi connectivity index (χ0n) is 9.53. The number of nitrogens with one attached hydrogen (secondary N) is 1. The summed E-state index contributed by atoms with van der Waals surface area (Å²) < 4.78 is 0. The number of carbonyl (C=O) groups is 1. The van der Waals surface area contributed by atoms with Crippen LogP contribution in [0.25, 0.3) is 0 Å². The summed E-state index contributed by atoms with van der Waals surface area (Å²) in [5.74, 6) is -0.201. The number of rotatable bonds is 4. The SMILES string of the molecule is O=C(NCCN1CCCC1)c1cnc(Cl)cn1. The van der Waals surface area contributed by atoms with Gasteiger partial charge in [-0.2, -0.15) is 0 Å². The molecule has 1 aliphatic heterocycles. The summed E-state index contributed by atoms with van der Waals surface area (Å²) >= 11 is 5.59. The van der Waals surface area contributed by atoms with E-state index in [0.29, 0.717) is 17.4 Å². The molecule has 0 aliphatic carbocycles. The second-order valence-corrected chi connectivity index (χ2v) is 4.42. The van der Waals surface area contributed by atoms with Crippen molar-refractivity contribution in [2.45, 2.75) is 12.8 Å². The molecule has 1 N–H and O–H groups in total. The van der Waals surface area contributed by atoms with Crippen LogP contribution in [0.4, 0.5) is 0 Å². The second kappa shape index (κ2) is 5.93. The molecule has 17 heavy (non-hydrogen) atoms. The minimum Gasteiger partial charge on any atom is -0.349 e. The van der Waals surface area contributed by atoms with Crippen LogP contribution in [0.15, 0.2) is 12.4 Å². The average molecular weight is 255 g/mol. The number of nitrogens with zero attached hydrogens (tertiary/aromatic N) is 3. The third kappa shape index (κ3) is 3.64. The van der Waals surface area contributed by atoms with Crippen LogP contribution in [-0.2, 0) is 0 Å². The van der Waals surface area contributed by atoms with Gasteiger partial charge in [-0.1, -0.05) is 11.6 Å². The Balaban J connectivity index is 1.75. The van der Waals surface area contributed by atoms with Gasteiger partial charge < -0.3 is 10.2 Å². The molecule has 0 radical (unpaired) electrons. The predicted octanol–water partition coefficient (Wildman–Crippen LogP) is 0.956. The highest BCUT2D eigenvalue weighted by molar-refractivity contribution is 6.29. The van der Waals surface area contributed by atoms with Crippen LogP contribution >= 0.6 is 11.6 Å². The van der Waals surface area contributed by atoms with Gasteiger partial charge in [-0.3, -0.25) is 4.79 Å². The van der Waals surface area contributed by atoms with Gasteiger partial charge >= 0.3 is 0 Å². The Morgan fingerprint density at radius 1 is 1.35 bits per heavy atom. The Morgan fingerprint density at radius 2 is 2.12 bits per heavy atom. The monoisotopic (exact) mass is 254 g/mol. The lowest BCUT2D eigenvalue weighted by molar-refractivity contribution is 0.0944. The van der Waals surface area contributed by atoms with Gasteiger partial charge in [0.15, 0.2) is 0 Å². The Bertz CT molecular complexity index is 376. The van der Waals surface area contributed by atoms with Crippen LogP contribution in [0.1, 0.15) is 23.3 Å². The number of halogens is 1. The first-order valence-corrected chi connectivity index (χ1v) is 6.11. The lowest BCUT2D eigenvalue weighted by Gasteiger charge is -2.14. The first-order chi connectivity index (χ1) is 8.25. The lowest BCUT2D eigenvalue weighted by atomic mass is 10.4. The maximum Gasteiger partial charge on any atom is 0.271 e. The molecule has 0 unspecified atom stereocenters. The summed E-state index contributed by atoms with van der Waals surface area (Å²) in [5, 5.41) is 3.11. The molecule has 1 fully saturated rings. The van der Waals surface area contributed by atoms with Gasteiger partial charge in [0.25, 0.3) is 5.91 Å². The van der Waals surface area contributed by atoms with Crippen LogP contribution in [0, 0.1) is 0 Å². The van der Waals surface area contributed by atoms with Gasteiger partial charge in [0.2, 0.25) is 0 Å². The maximum atomic E-state index is 11.7. The van der Waals surface area contributed by atoms with E-state index >= 15 is 0 Å². The van der Waals surface area contributed by atoms with Gasteiger partial charge in [0, 0.05) is 13.1 Å². The molecule has 2 rings (SSSR count). The number of aromatic nitrogens is 2. The summed E-state index contributed by atoms with van der Waals surface area (Å²) in [4.78, 5) is 21.7. The van der Waals surface area contributed by atoms with E-state index in [9.17, 15) is 4.79 Å². The van der Waals surface area contributed by atoms with Crippen molar-refractivity contribution in [3.8, 4) is 0 Å². The number of amides is 1. The van der Waals surface area contributed by atoms with Crippen molar-refractivity contribution in [1.29, 1.82) is 0 Å². The molecule has 92 valence electrons. The fraction of sp³-hybridized carbons (Fsp3) is 0.545. The number of likely N-dealkylation sites (tertiary alicyclic amines) is 1. The molecule has 0 aromatic carbocycles. The molecule has 6 heteroatoms. The van der Waals surface area contributed by atoms with E-state index < -0.39 is 0 Å². The Labute approximate surface area is 105 Å². The number of hydrogen-bond donors (Lipinski definition) is 1. The topological polar surface area (TPSA) is 58.1 Å². The van der Waals surface area contributed by atoms with Crippen LogP contribution in [-0.4, -0.2) is 47.0 Å². The highest BCUT2D eigenvalue weighted by Crippen LogP contribution is 2.05. The first kappa shape index (κ1) is 12.3. The Hall–Kier alpha value is -1.20. The normalized spacial score (nSPS) is 16.1. The summed E-state index contributed by atoms with van der Waals surface area (Å²) in [7, 11) is 0. The standard InChI is InChI=1S/C11H15ClN4O/c12-10-8-14-9(7-15-10)11(17)13-3-6-16-4-1-2-5-16/h7-8H,1-6H2,(H,13,17). The van der Waals surface area contributed by atoms with Crippen LogP contribution < -0.4 is 5.32 Å². The van der Waals surface area contributed by atoms with E-state index in [-0.39, 0.29) is 5.91 Å². The molecule has 5 nitrogen and oxygen atoms in total. The highest BCUT2D eigenvalue weighted by atomic mass is 35.5. The van der Waals surface area contributed by atoms with Gasteiger partial charge in [0.1, 0.15) is 10.8 Å². The Kier molecular flexibility index (Phi) is 4.28. The zero-order valence-corrected chi connectivity index (χ0v) is 10.3. The minimum absolute atomic E-state index is 0.201. The minimum atomic E-state index is -0.201. The van der Waals surface area contributed by atoms with E-state index in [4.69, 9.17) is 11.6 Å². The second-order valence-electron chi connectivity index (χ2n) is 4.03. The fourth-order valence-corrected chi connectivity index (χ4v) is 1.95. The van der Waals surface area contributed by atoms with E-state index in [1.807, 2.05) is 0 Å². The molecule has 1 aromatic heterocycles. The van der Waals surface area contributed by atoms with Crippen molar-refractivity contribution >= 4 is 17.5 Å². The van der Waals surface area contributed by atoms with Gasteiger partial charge in [-0.15, -0.1) is 0 Å². The summed E-state index contributed by atoms with van der Waals surface area (Å²) in [6.45, 7) is 3.81. The molecule has 0 atom stereocenters. The molecule has 0 bridgehead atoms. The van der Waals surface area contributed by atoms with Gasteiger partial charge in [-0.25, -0.2) is 9.97 Å². The fourth-order valence-electron chi connectivity index (χ4n) is 1.85. The third-order valence-electron chi connectivity index (χ3n) is 2.77. The zero-order chi connectivity index (χ0) is 12.1. The smallest absolute Gasteiger partial charge is 0.271 e. The molecular weight excluding hydrogens is 240 g/mol. The lowest BCUT2D eigenvalue weighted by Crippen LogP contribution is -2.33. The van der Waals surface area contributed by atoms with Gasteiger partial charge in [-0.05, 0) is 25.9 Å². The van der Waals surface area contributed by atoms with E-state index in [2.05, 4.69) is 20.2 Å². The largest absolute Gasteiger partial charge is 0.349 e. The van der Waals surface area contributed by atoms with E-state index in [0.717, 1.165) is 19.6 Å². The van der Waals surface area contributed by atoms with Crippen LogP contribution in [0.2, 0.25) is 5.15 Å². The molecular formula is C11H15ClN4O. The van der Waals surface area contributed by atoms with Crippen molar-refractivity contribution < 1.29 is 4.79 Å². The molecule has 1 aromatic rings. The first-order valence-electron chi connectivity index (χ1n) is 5.74. The Morgan fingerprint density at radius 3 is 2.76 bits per heavy atom. The third-order valence-corrected chi connectivity index (χ3v) is 2.96. The van der Waals surface area contributed by atoms with Crippen molar-refractivity contribution in [1.82, 2.24) is 20.2 Å². The molecule has 1 aliphatic rings. The van der Waals surface area contributed by atoms with Crippen molar-refractivity contribution in [2.75, 3.05) is 26.2 Å². The van der Waals surface area contributed by atoms with Crippen molar-refractivity contribution in [3.05, 3.63) is 23.2 Å². The number of hydrogen-bond acceptors (Lipinski definition) is 4. The quantitative estimate of drug-likeness (QED) is 0.870. The maximum absolute atomic E-state index is 11.7. The van der Waals surface area contributed by atoms with Crippen LogP contribution in [0.5, 0.6) is 0 Å². The van der Waals surface area contributed by atoms with Gasteiger partial charge in [0.05, 0.1) is 12.4 Å². The summed E-state index contributed by atoms with van der Waals surface area (Å²) in [6, 6.07) is 0. The molecule has 2 heterocycles. The van der Waals surface area contributed by atoms with E-state index in [1.165, 1.54) is 25.2 Å². The molecule has 0 saturated carbocycles. The van der Waals surface area contributed by atoms with E-state index in [1.54, 1.807) is 0 Å². The average Bonchev–Trinajstić information content (AvgIpc) is 2.83. The van der Waals surface area contributed by atoms with Crippen molar-refractivity contribution in [2.24, 2.45) is 0 Å². The van der Waals surface area contributed by atoms with Crippen LogP contribution in [0.3, 0.4) is 0 Å². The molecule has 1 amide bonds. The number of carbonyl (C=O) groups excluding carboxylic acids is 1. The molecule has 0 spiro atoms.